The Hall–Kier alpha value is -2.14. The molecule has 0 fully saturated rings. The molecule has 2 aromatic rings. The minimum absolute atomic E-state index is 0.151. The van der Waals surface area contributed by atoms with Crippen molar-refractivity contribution in [3.8, 4) is 0 Å². The van der Waals surface area contributed by atoms with Crippen LogP contribution < -0.4 is 5.73 Å². The summed E-state index contributed by atoms with van der Waals surface area (Å²) in [6.07, 6.45) is 0. The molecule has 1 heterocycles. The predicted molar refractivity (Wildman–Crippen MR) is 79.6 cm³/mol. The number of likely N-dealkylation sites (N-methyl/N-ethyl adjacent to an activating group) is 1. The number of hydrogen-bond acceptors (Lipinski definition) is 4. The molecule has 0 atom stereocenters. The number of nitrogens with zero attached hydrogens (tertiary/aromatic N) is 2. The first kappa shape index (κ1) is 14.3. The normalized spacial score (nSPS) is 10.7. The Bertz CT molecular complexity index is 613. The number of aromatic nitrogens is 1. The highest BCUT2D eigenvalue weighted by Gasteiger charge is 2.14. The number of fused-ring (bicyclic) bond motifs is 1. The lowest BCUT2D eigenvalue weighted by atomic mass is 10.1. The van der Waals surface area contributed by atoms with Crippen molar-refractivity contribution in [2.75, 3.05) is 32.5 Å². The number of ether oxygens (including phenoxy) is 1. The fourth-order valence-electron chi connectivity index (χ4n) is 1.98. The van der Waals surface area contributed by atoms with Gasteiger partial charge in [-0.2, -0.15) is 0 Å². The molecule has 106 valence electrons. The van der Waals surface area contributed by atoms with Crippen LogP contribution in [0.3, 0.4) is 0 Å². The topological polar surface area (TPSA) is 68.5 Å². The van der Waals surface area contributed by atoms with Crippen molar-refractivity contribution in [1.82, 2.24) is 9.88 Å². The highest BCUT2D eigenvalue weighted by molar-refractivity contribution is 5.99. The number of pyridine rings is 1. The monoisotopic (exact) mass is 273 g/mol. The first-order valence-electron chi connectivity index (χ1n) is 6.62. The van der Waals surface area contributed by atoms with Crippen LogP contribution in [0, 0.1) is 0 Å². The van der Waals surface area contributed by atoms with Crippen LogP contribution in [-0.4, -0.2) is 42.6 Å². The molecule has 2 rings (SSSR count). The summed E-state index contributed by atoms with van der Waals surface area (Å²) in [7, 11) is 1.73. The maximum Gasteiger partial charge on any atom is 0.272 e. The van der Waals surface area contributed by atoms with Crippen molar-refractivity contribution in [3.05, 3.63) is 36.0 Å². The maximum absolute atomic E-state index is 12.3. The summed E-state index contributed by atoms with van der Waals surface area (Å²) in [4.78, 5) is 18.1. The number of nitrogens with two attached hydrogens (primary N) is 1. The minimum atomic E-state index is -0.151. The maximum atomic E-state index is 12.3. The molecule has 1 aromatic carbocycles. The second kappa shape index (κ2) is 6.34. The number of amides is 1. The van der Waals surface area contributed by atoms with Crippen LogP contribution in [0.5, 0.6) is 0 Å². The van der Waals surface area contributed by atoms with Crippen molar-refractivity contribution >= 4 is 22.5 Å². The van der Waals surface area contributed by atoms with Gasteiger partial charge in [0.2, 0.25) is 0 Å². The number of hydrogen-bond donors (Lipinski definition) is 1. The van der Waals surface area contributed by atoms with E-state index in [9.17, 15) is 4.79 Å². The Morgan fingerprint density at radius 3 is 2.90 bits per heavy atom. The van der Waals surface area contributed by atoms with E-state index in [0.29, 0.717) is 31.3 Å². The Morgan fingerprint density at radius 2 is 2.15 bits per heavy atom. The molecular weight excluding hydrogens is 254 g/mol. The number of anilines is 1. The lowest BCUT2D eigenvalue weighted by molar-refractivity contribution is 0.0705. The molecule has 0 spiro atoms. The largest absolute Gasteiger partial charge is 0.383 e. The van der Waals surface area contributed by atoms with Gasteiger partial charge in [0, 0.05) is 25.6 Å². The van der Waals surface area contributed by atoms with E-state index in [0.717, 1.165) is 10.8 Å². The summed E-state index contributed by atoms with van der Waals surface area (Å²) in [5.74, 6) is 0.229. The second-order valence-corrected chi connectivity index (χ2v) is 4.54. The fraction of sp³-hybridized carbons (Fsp3) is 0.333. The SMILES string of the molecule is CCOCCN(C)C(=O)c1cc2ccccc2c(N)n1. The molecule has 0 aliphatic heterocycles. The molecule has 0 saturated heterocycles. The summed E-state index contributed by atoms with van der Waals surface area (Å²) < 4.78 is 5.25. The van der Waals surface area contributed by atoms with Gasteiger partial charge in [0.05, 0.1) is 6.61 Å². The summed E-state index contributed by atoms with van der Waals surface area (Å²) in [5.41, 5.74) is 6.27. The fourth-order valence-corrected chi connectivity index (χ4v) is 1.98. The summed E-state index contributed by atoms with van der Waals surface area (Å²) in [5, 5.41) is 1.78. The number of carbonyl (C=O) groups excluding carboxylic acids is 1. The zero-order chi connectivity index (χ0) is 14.5. The number of benzene rings is 1. The molecule has 5 nitrogen and oxygen atoms in total. The van der Waals surface area contributed by atoms with Gasteiger partial charge >= 0.3 is 0 Å². The van der Waals surface area contributed by atoms with Crippen LogP contribution in [0.2, 0.25) is 0 Å². The van der Waals surface area contributed by atoms with Crippen LogP contribution in [0.15, 0.2) is 30.3 Å². The van der Waals surface area contributed by atoms with Crippen LogP contribution in [0.4, 0.5) is 5.82 Å². The van der Waals surface area contributed by atoms with Crippen molar-refractivity contribution in [2.24, 2.45) is 0 Å². The average molecular weight is 273 g/mol. The lowest BCUT2D eigenvalue weighted by Gasteiger charge is -2.17. The third kappa shape index (κ3) is 3.05. The zero-order valence-corrected chi connectivity index (χ0v) is 11.8. The van der Waals surface area contributed by atoms with Gasteiger partial charge < -0.3 is 15.4 Å². The Kier molecular flexibility index (Phi) is 4.53. The minimum Gasteiger partial charge on any atom is -0.383 e. The highest BCUT2D eigenvalue weighted by Crippen LogP contribution is 2.20. The molecule has 0 bridgehead atoms. The summed E-state index contributed by atoms with van der Waals surface area (Å²) in [6.45, 7) is 3.61. The van der Waals surface area contributed by atoms with Crippen LogP contribution in [0.25, 0.3) is 10.8 Å². The van der Waals surface area contributed by atoms with Gasteiger partial charge in [-0.25, -0.2) is 4.98 Å². The van der Waals surface area contributed by atoms with Crippen LogP contribution in [-0.2, 0) is 4.74 Å². The van der Waals surface area contributed by atoms with Crippen molar-refractivity contribution < 1.29 is 9.53 Å². The third-order valence-electron chi connectivity index (χ3n) is 3.11. The van der Waals surface area contributed by atoms with Gasteiger partial charge in [0.15, 0.2) is 0 Å². The van der Waals surface area contributed by atoms with Gasteiger partial charge in [-0.15, -0.1) is 0 Å². The standard InChI is InChI=1S/C15H19N3O2/c1-3-20-9-8-18(2)15(19)13-10-11-6-4-5-7-12(11)14(16)17-13/h4-7,10H,3,8-9H2,1-2H3,(H2,16,17). The van der Waals surface area contributed by atoms with E-state index in [4.69, 9.17) is 10.5 Å². The molecule has 0 radical (unpaired) electrons. The molecular formula is C15H19N3O2. The zero-order valence-electron chi connectivity index (χ0n) is 11.8. The van der Waals surface area contributed by atoms with Crippen molar-refractivity contribution in [3.63, 3.8) is 0 Å². The second-order valence-electron chi connectivity index (χ2n) is 4.54. The van der Waals surface area contributed by atoms with E-state index >= 15 is 0 Å². The predicted octanol–water partition coefficient (Wildman–Crippen LogP) is 1.93. The van der Waals surface area contributed by atoms with E-state index in [2.05, 4.69) is 4.98 Å². The van der Waals surface area contributed by atoms with E-state index in [1.54, 1.807) is 18.0 Å². The molecule has 0 aliphatic carbocycles. The highest BCUT2D eigenvalue weighted by atomic mass is 16.5. The number of nitrogen functional groups attached to an aromatic ring is 1. The molecule has 0 aliphatic rings. The molecule has 1 amide bonds. The molecule has 5 heteroatoms. The Labute approximate surface area is 118 Å². The van der Waals surface area contributed by atoms with Gasteiger partial charge in [-0.3, -0.25) is 4.79 Å². The van der Waals surface area contributed by atoms with E-state index < -0.39 is 0 Å². The smallest absolute Gasteiger partial charge is 0.272 e. The number of rotatable bonds is 5. The van der Waals surface area contributed by atoms with Gasteiger partial charge in [-0.1, -0.05) is 24.3 Å². The van der Waals surface area contributed by atoms with E-state index in [1.165, 1.54) is 0 Å². The quantitative estimate of drug-likeness (QED) is 0.845. The Morgan fingerprint density at radius 1 is 1.40 bits per heavy atom. The van der Waals surface area contributed by atoms with Crippen LogP contribution >= 0.6 is 0 Å². The number of carbonyl (C=O) groups is 1. The molecule has 1 aromatic heterocycles. The molecule has 0 saturated carbocycles. The first-order valence-corrected chi connectivity index (χ1v) is 6.62. The summed E-state index contributed by atoms with van der Waals surface area (Å²) >= 11 is 0. The van der Waals surface area contributed by atoms with Crippen molar-refractivity contribution in [1.29, 1.82) is 0 Å². The molecule has 0 unspecified atom stereocenters. The van der Waals surface area contributed by atoms with Gasteiger partial charge in [-0.05, 0) is 18.4 Å². The van der Waals surface area contributed by atoms with Gasteiger partial charge in [0.1, 0.15) is 11.5 Å². The van der Waals surface area contributed by atoms with E-state index in [1.807, 2.05) is 31.2 Å². The summed E-state index contributed by atoms with van der Waals surface area (Å²) in [6, 6.07) is 9.39. The Balaban J connectivity index is 2.22. The van der Waals surface area contributed by atoms with E-state index in [-0.39, 0.29) is 5.91 Å². The third-order valence-corrected chi connectivity index (χ3v) is 3.11. The van der Waals surface area contributed by atoms with Gasteiger partial charge in [0.25, 0.3) is 5.91 Å². The molecule has 2 N–H and O–H groups in total. The first-order chi connectivity index (χ1) is 9.63. The van der Waals surface area contributed by atoms with Crippen molar-refractivity contribution in [2.45, 2.75) is 6.92 Å². The average Bonchev–Trinajstić information content (AvgIpc) is 2.46. The van der Waals surface area contributed by atoms with Crippen LogP contribution in [0.1, 0.15) is 17.4 Å². The molecule has 20 heavy (non-hydrogen) atoms. The lowest BCUT2D eigenvalue weighted by Crippen LogP contribution is -2.31.